The van der Waals surface area contributed by atoms with Crippen molar-refractivity contribution in [2.75, 3.05) is 26.8 Å². The van der Waals surface area contributed by atoms with Gasteiger partial charge in [-0.1, -0.05) is 0 Å². The molecule has 1 aliphatic rings. The first-order valence-electron chi connectivity index (χ1n) is 5.15. The smallest absolute Gasteiger partial charge is 0.319 e. The quantitative estimate of drug-likeness (QED) is 0.686. The summed E-state index contributed by atoms with van der Waals surface area (Å²) in [6, 6.07) is 0. The highest BCUT2D eigenvalue weighted by molar-refractivity contribution is 5.71. The van der Waals surface area contributed by atoms with Crippen molar-refractivity contribution in [2.24, 2.45) is 0 Å². The molecule has 1 aliphatic heterocycles. The summed E-state index contributed by atoms with van der Waals surface area (Å²) in [5.41, 5.74) is 0. The van der Waals surface area contributed by atoms with E-state index in [1.165, 1.54) is 7.11 Å². The van der Waals surface area contributed by atoms with Crippen LogP contribution in [0.2, 0.25) is 0 Å². The third-order valence-corrected chi connectivity index (χ3v) is 2.33. The summed E-state index contributed by atoms with van der Waals surface area (Å²) in [6.45, 7) is 5.23. The zero-order valence-corrected chi connectivity index (χ0v) is 9.54. The Morgan fingerprint density at radius 1 is 1.67 bits per heavy atom. The summed E-state index contributed by atoms with van der Waals surface area (Å²) in [4.78, 5) is 10.9. The lowest BCUT2D eigenvalue weighted by molar-refractivity contribution is -0.276. The molecule has 0 aliphatic carbocycles. The van der Waals surface area contributed by atoms with Crippen LogP contribution >= 0.6 is 0 Å². The van der Waals surface area contributed by atoms with E-state index in [2.05, 4.69) is 10.1 Å². The van der Waals surface area contributed by atoms with Crippen LogP contribution in [-0.2, 0) is 19.0 Å². The molecule has 0 aromatic heterocycles. The molecule has 0 bridgehead atoms. The molecule has 2 atom stereocenters. The summed E-state index contributed by atoms with van der Waals surface area (Å²) in [7, 11) is 1.36. The van der Waals surface area contributed by atoms with Crippen molar-refractivity contribution >= 4 is 5.97 Å². The zero-order chi connectivity index (χ0) is 11.3. The maximum absolute atomic E-state index is 10.9. The second kappa shape index (κ2) is 5.44. The number of carbonyl (C=O) groups is 1. The lowest BCUT2D eigenvalue weighted by Crippen LogP contribution is -2.49. The van der Waals surface area contributed by atoms with Crippen molar-refractivity contribution < 1.29 is 19.0 Å². The molecule has 88 valence electrons. The highest BCUT2D eigenvalue weighted by Gasteiger charge is 2.31. The van der Waals surface area contributed by atoms with Crippen LogP contribution in [0.3, 0.4) is 0 Å². The molecule has 2 unspecified atom stereocenters. The van der Waals surface area contributed by atoms with Crippen molar-refractivity contribution in [3.05, 3.63) is 0 Å². The number of hydrogen-bond acceptors (Lipinski definition) is 5. The minimum Gasteiger partial charge on any atom is -0.468 e. The molecule has 1 saturated heterocycles. The highest BCUT2D eigenvalue weighted by Crippen LogP contribution is 2.21. The van der Waals surface area contributed by atoms with E-state index in [9.17, 15) is 4.79 Å². The normalized spacial score (nSPS) is 31.3. The van der Waals surface area contributed by atoms with Gasteiger partial charge in [0.1, 0.15) is 0 Å². The number of methoxy groups -OCH3 is 1. The number of hydrogen-bond donors (Lipinski definition) is 1. The molecule has 15 heavy (non-hydrogen) atoms. The third-order valence-electron chi connectivity index (χ3n) is 2.33. The van der Waals surface area contributed by atoms with Crippen molar-refractivity contribution in [1.82, 2.24) is 5.32 Å². The summed E-state index contributed by atoms with van der Waals surface area (Å²) < 4.78 is 15.7. The minimum atomic E-state index is -0.633. The van der Waals surface area contributed by atoms with Gasteiger partial charge in [-0.3, -0.25) is 4.79 Å². The first-order chi connectivity index (χ1) is 7.06. The van der Waals surface area contributed by atoms with Crippen molar-refractivity contribution in [3.63, 3.8) is 0 Å². The van der Waals surface area contributed by atoms with E-state index in [1.807, 2.05) is 13.8 Å². The maximum Gasteiger partial charge on any atom is 0.319 e. The lowest BCUT2D eigenvalue weighted by atomic mass is 10.2. The largest absolute Gasteiger partial charge is 0.468 e. The van der Waals surface area contributed by atoms with Gasteiger partial charge in [-0.25, -0.2) is 0 Å². The second-order valence-electron chi connectivity index (χ2n) is 3.88. The Morgan fingerprint density at radius 3 is 3.00 bits per heavy atom. The zero-order valence-electron chi connectivity index (χ0n) is 9.54. The molecule has 0 radical (unpaired) electrons. The van der Waals surface area contributed by atoms with Gasteiger partial charge < -0.3 is 19.5 Å². The Labute approximate surface area is 90.1 Å². The van der Waals surface area contributed by atoms with Crippen molar-refractivity contribution in [3.8, 4) is 0 Å². The average Bonchev–Trinajstić information content (AvgIpc) is 2.16. The standard InChI is InChI=1S/C10H19NO4/c1-8-4-5-14-10(2,15-8)7-11-6-9(12)13-3/h8,11H,4-7H2,1-3H3. The number of nitrogens with one attached hydrogen (secondary N) is 1. The number of ether oxygens (including phenoxy) is 3. The van der Waals surface area contributed by atoms with Gasteiger partial charge in [0, 0.05) is 6.54 Å². The van der Waals surface area contributed by atoms with E-state index in [0.717, 1.165) is 6.42 Å². The van der Waals surface area contributed by atoms with Gasteiger partial charge in [0.15, 0.2) is 5.79 Å². The minimum absolute atomic E-state index is 0.174. The van der Waals surface area contributed by atoms with Crippen LogP contribution < -0.4 is 5.32 Å². The Bertz CT molecular complexity index is 221. The number of esters is 1. The fraction of sp³-hybridized carbons (Fsp3) is 0.900. The third kappa shape index (κ3) is 4.15. The molecule has 0 aromatic rings. The van der Waals surface area contributed by atoms with E-state index in [-0.39, 0.29) is 18.6 Å². The van der Waals surface area contributed by atoms with Gasteiger partial charge in [0.05, 0.1) is 26.4 Å². The summed E-state index contributed by atoms with van der Waals surface area (Å²) in [5, 5.41) is 2.94. The fourth-order valence-corrected chi connectivity index (χ4v) is 1.52. The predicted octanol–water partition coefficient (Wildman–Crippen LogP) is 0.291. The van der Waals surface area contributed by atoms with Crippen molar-refractivity contribution in [1.29, 1.82) is 0 Å². The van der Waals surface area contributed by atoms with Crippen LogP contribution in [0.5, 0.6) is 0 Å². The molecule has 0 saturated carbocycles. The van der Waals surface area contributed by atoms with Crippen LogP contribution in [0.4, 0.5) is 0 Å². The van der Waals surface area contributed by atoms with Gasteiger partial charge in [-0.15, -0.1) is 0 Å². The molecule has 0 aromatic carbocycles. The van der Waals surface area contributed by atoms with E-state index in [4.69, 9.17) is 9.47 Å². The first-order valence-corrected chi connectivity index (χ1v) is 5.15. The van der Waals surface area contributed by atoms with Crippen LogP contribution in [0.25, 0.3) is 0 Å². The summed E-state index contributed by atoms with van der Waals surface area (Å²) >= 11 is 0. The Balaban J connectivity index is 2.26. The highest BCUT2D eigenvalue weighted by atomic mass is 16.7. The van der Waals surface area contributed by atoms with Crippen LogP contribution in [0.15, 0.2) is 0 Å². The first kappa shape index (κ1) is 12.4. The summed E-state index contributed by atoms with van der Waals surface area (Å²) in [6.07, 6.45) is 1.11. The van der Waals surface area contributed by atoms with Gasteiger partial charge >= 0.3 is 5.97 Å². The van der Waals surface area contributed by atoms with Crippen molar-refractivity contribution in [2.45, 2.75) is 32.2 Å². The van der Waals surface area contributed by atoms with E-state index < -0.39 is 5.79 Å². The fourth-order valence-electron chi connectivity index (χ4n) is 1.52. The van der Waals surface area contributed by atoms with E-state index >= 15 is 0 Å². The Hall–Kier alpha value is -0.650. The monoisotopic (exact) mass is 217 g/mol. The van der Waals surface area contributed by atoms with Crippen LogP contribution in [0.1, 0.15) is 20.3 Å². The molecular weight excluding hydrogens is 198 g/mol. The topological polar surface area (TPSA) is 56.8 Å². The van der Waals surface area contributed by atoms with Crippen LogP contribution in [-0.4, -0.2) is 44.7 Å². The van der Waals surface area contributed by atoms with E-state index in [0.29, 0.717) is 13.2 Å². The van der Waals surface area contributed by atoms with Gasteiger partial charge in [0.2, 0.25) is 0 Å². The molecule has 1 N–H and O–H groups in total. The van der Waals surface area contributed by atoms with Gasteiger partial charge in [0.25, 0.3) is 0 Å². The maximum atomic E-state index is 10.9. The molecule has 1 rings (SSSR count). The lowest BCUT2D eigenvalue weighted by Gasteiger charge is -2.37. The molecule has 1 heterocycles. The molecule has 5 nitrogen and oxygen atoms in total. The van der Waals surface area contributed by atoms with Gasteiger partial charge in [-0.2, -0.15) is 0 Å². The SMILES string of the molecule is COC(=O)CNCC1(C)OCCC(C)O1. The Morgan fingerprint density at radius 2 is 2.40 bits per heavy atom. The molecule has 5 heteroatoms. The molecule has 0 spiro atoms. The second-order valence-corrected chi connectivity index (χ2v) is 3.88. The van der Waals surface area contributed by atoms with Crippen LogP contribution in [0, 0.1) is 0 Å². The summed E-state index contributed by atoms with van der Waals surface area (Å²) in [5.74, 6) is -0.923. The number of carbonyl (C=O) groups excluding carboxylic acids is 1. The predicted molar refractivity (Wildman–Crippen MR) is 54.4 cm³/mol. The molecule has 0 amide bonds. The molecular formula is C10H19NO4. The average molecular weight is 217 g/mol. The van der Waals surface area contributed by atoms with Gasteiger partial charge in [-0.05, 0) is 20.3 Å². The molecule has 1 fully saturated rings. The number of rotatable bonds is 4. The Kier molecular flexibility index (Phi) is 4.50. The van der Waals surface area contributed by atoms with E-state index in [1.54, 1.807) is 0 Å².